The lowest BCUT2D eigenvalue weighted by Crippen LogP contribution is -1.66. The van der Waals surface area contributed by atoms with Gasteiger partial charge in [0.25, 0.3) is 0 Å². The molecule has 0 amide bonds. The second kappa shape index (κ2) is 4.64. The molecular formula is CH5N2O4P. The lowest BCUT2D eigenvalue weighted by molar-refractivity contribution is 0.275. The first-order valence-corrected chi connectivity index (χ1v) is 2.85. The van der Waals surface area contributed by atoms with E-state index in [0.717, 1.165) is 0 Å². The molecule has 0 aliphatic carbocycles. The van der Waals surface area contributed by atoms with Crippen LogP contribution < -0.4 is 0 Å². The molecule has 5 N–H and O–H groups in total. The second-order valence-electron chi connectivity index (χ2n) is 0.638. The molecule has 0 saturated heterocycles. The fourth-order valence-corrected chi connectivity index (χ4v) is 0. The van der Waals surface area contributed by atoms with Gasteiger partial charge in [-0.3, -0.25) is 0 Å². The van der Waals surface area contributed by atoms with E-state index in [9.17, 15) is 0 Å². The van der Waals surface area contributed by atoms with Crippen LogP contribution in [-0.4, -0.2) is 20.7 Å². The summed E-state index contributed by atoms with van der Waals surface area (Å²) in [4.78, 5) is 21.6. The number of phosphoric acid groups is 1. The van der Waals surface area contributed by atoms with Crippen LogP contribution >= 0.6 is 7.82 Å². The summed E-state index contributed by atoms with van der Waals surface area (Å²) in [6, 6.07) is 1.25. The summed E-state index contributed by atoms with van der Waals surface area (Å²) in [5.74, 6) is 0. The highest BCUT2D eigenvalue weighted by molar-refractivity contribution is 7.45. The second-order valence-corrected chi connectivity index (χ2v) is 1.66. The van der Waals surface area contributed by atoms with E-state index in [-0.39, 0.29) is 0 Å². The van der Waals surface area contributed by atoms with Gasteiger partial charge in [0.1, 0.15) is 0 Å². The van der Waals surface area contributed by atoms with E-state index >= 15 is 0 Å². The maximum absolute atomic E-state index is 8.88. The van der Waals surface area contributed by atoms with E-state index in [1.807, 2.05) is 0 Å². The van der Waals surface area contributed by atoms with Gasteiger partial charge in [0.2, 0.25) is 0 Å². The van der Waals surface area contributed by atoms with Crippen molar-refractivity contribution in [1.29, 1.82) is 10.8 Å². The highest BCUT2D eigenvalue weighted by atomic mass is 31.2. The molecule has 0 fully saturated rings. The standard InChI is InChI=1S/CH2N2.H3O4P/c2-1-3;1-5(2,3)4/h2-3H;(H3,1,2,3,4). The van der Waals surface area contributed by atoms with Crippen molar-refractivity contribution in [3.63, 3.8) is 0 Å². The van der Waals surface area contributed by atoms with E-state index < -0.39 is 7.82 Å². The zero-order valence-corrected chi connectivity index (χ0v) is 4.59. The van der Waals surface area contributed by atoms with Crippen LogP contribution in [0.2, 0.25) is 0 Å². The topological polar surface area (TPSA) is 125 Å². The summed E-state index contributed by atoms with van der Waals surface area (Å²) < 4.78 is 8.88. The SMILES string of the molecule is N=C=N.O=P(O)(O)O. The van der Waals surface area contributed by atoms with Crippen molar-refractivity contribution < 1.29 is 19.2 Å². The van der Waals surface area contributed by atoms with Crippen LogP contribution in [0.4, 0.5) is 0 Å². The van der Waals surface area contributed by atoms with E-state index in [1.54, 1.807) is 0 Å². The Balaban J connectivity index is 0. The van der Waals surface area contributed by atoms with Crippen molar-refractivity contribution in [1.82, 2.24) is 0 Å². The van der Waals surface area contributed by atoms with Gasteiger partial charge in [0.05, 0.1) is 6.01 Å². The fourth-order valence-electron chi connectivity index (χ4n) is 0. The largest absolute Gasteiger partial charge is 0.466 e. The minimum atomic E-state index is -4.64. The van der Waals surface area contributed by atoms with Gasteiger partial charge in [0, 0.05) is 0 Å². The molecular weight excluding hydrogens is 135 g/mol. The monoisotopic (exact) mass is 140 g/mol. The maximum atomic E-state index is 8.88. The molecule has 0 rings (SSSR count). The van der Waals surface area contributed by atoms with E-state index in [0.29, 0.717) is 0 Å². The Kier molecular flexibility index (Phi) is 6.08. The summed E-state index contributed by atoms with van der Waals surface area (Å²) in [6.07, 6.45) is 0. The highest BCUT2D eigenvalue weighted by Gasteiger charge is 2.00. The number of hydrogen-bond acceptors (Lipinski definition) is 3. The van der Waals surface area contributed by atoms with Crippen molar-refractivity contribution in [2.24, 2.45) is 0 Å². The van der Waals surface area contributed by atoms with E-state index in [2.05, 4.69) is 0 Å². The predicted octanol–water partition coefficient (Wildman–Crippen LogP) is -0.611. The lowest BCUT2D eigenvalue weighted by atomic mass is 11.6. The minimum absolute atomic E-state index is 1.25. The molecule has 0 bridgehead atoms. The molecule has 7 heteroatoms. The van der Waals surface area contributed by atoms with Crippen LogP contribution in [0.3, 0.4) is 0 Å². The van der Waals surface area contributed by atoms with Gasteiger partial charge < -0.3 is 14.7 Å². The average Bonchev–Trinajstić information content (AvgIpc) is 1.27. The Hall–Kier alpha value is -0.510. The van der Waals surface area contributed by atoms with Crippen LogP contribution in [0.15, 0.2) is 0 Å². The molecule has 0 aliphatic rings. The minimum Gasteiger partial charge on any atom is -0.303 e. The molecule has 0 aromatic carbocycles. The third kappa shape index (κ3) is 426. The third-order valence-electron chi connectivity index (χ3n) is 0. The molecule has 8 heavy (non-hydrogen) atoms. The molecule has 0 saturated carbocycles. The summed E-state index contributed by atoms with van der Waals surface area (Å²) in [5.41, 5.74) is 0. The Labute approximate surface area is 45.0 Å². The Bertz CT molecular complexity index is 112. The molecule has 0 spiro atoms. The molecule has 0 aromatic rings. The molecule has 0 heterocycles. The van der Waals surface area contributed by atoms with Crippen LogP contribution in [0.5, 0.6) is 0 Å². The quantitative estimate of drug-likeness (QED) is 0.227. The average molecular weight is 140 g/mol. The van der Waals surface area contributed by atoms with Gasteiger partial charge in [-0.05, 0) is 0 Å². The molecule has 0 aliphatic heterocycles. The first kappa shape index (κ1) is 10.5. The van der Waals surface area contributed by atoms with Gasteiger partial charge in [-0.2, -0.15) is 0 Å². The van der Waals surface area contributed by atoms with E-state index in [1.165, 1.54) is 6.01 Å². The van der Waals surface area contributed by atoms with Crippen molar-refractivity contribution in [3.8, 4) is 0 Å². The van der Waals surface area contributed by atoms with Gasteiger partial charge in [-0.25, -0.2) is 15.4 Å². The lowest BCUT2D eigenvalue weighted by Gasteiger charge is -1.82. The van der Waals surface area contributed by atoms with E-state index in [4.69, 9.17) is 30.1 Å². The van der Waals surface area contributed by atoms with Gasteiger partial charge in [0.15, 0.2) is 0 Å². The normalized spacial score (nSPS) is 8.38. The molecule has 0 atom stereocenters. The Morgan fingerprint density at radius 2 is 1.25 bits per heavy atom. The number of hydrogen-bond donors (Lipinski definition) is 5. The molecule has 48 valence electrons. The highest BCUT2D eigenvalue weighted by Crippen LogP contribution is 2.25. The summed E-state index contributed by atoms with van der Waals surface area (Å²) in [7, 11) is -4.64. The summed E-state index contributed by atoms with van der Waals surface area (Å²) >= 11 is 0. The van der Waals surface area contributed by atoms with Crippen LogP contribution in [0, 0.1) is 10.8 Å². The first-order chi connectivity index (χ1) is 3.41. The third-order valence-corrected chi connectivity index (χ3v) is 0. The zero-order valence-electron chi connectivity index (χ0n) is 3.70. The molecule has 6 nitrogen and oxygen atoms in total. The van der Waals surface area contributed by atoms with Gasteiger partial charge in [-0.1, -0.05) is 0 Å². The van der Waals surface area contributed by atoms with Crippen molar-refractivity contribution in [2.75, 3.05) is 0 Å². The Morgan fingerprint density at radius 1 is 1.25 bits per heavy atom. The maximum Gasteiger partial charge on any atom is 0.466 e. The molecule has 0 unspecified atom stereocenters. The predicted molar refractivity (Wildman–Crippen MR) is 24.7 cm³/mol. The van der Waals surface area contributed by atoms with Crippen molar-refractivity contribution >= 4 is 13.8 Å². The zero-order chi connectivity index (χ0) is 7.21. The fraction of sp³-hybridized carbons (Fsp3) is 0. The van der Waals surface area contributed by atoms with Crippen molar-refractivity contribution in [2.45, 2.75) is 0 Å². The number of rotatable bonds is 0. The van der Waals surface area contributed by atoms with Crippen LogP contribution in [-0.2, 0) is 4.57 Å². The van der Waals surface area contributed by atoms with Crippen LogP contribution in [0.25, 0.3) is 0 Å². The van der Waals surface area contributed by atoms with Gasteiger partial charge >= 0.3 is 7.82 Å². The molecule has 0 aromatic heterocycles. The Morgan fingerprint density at radius 3 is 1.25 bits per heavy atom. The smallest absolute Gasteiger partial charge is 0.303 e. The summed E-state index contributed by atoms with van der Waals surface area (Å²) in [5, 5.41) is 11.2. The molecule has 0 radical (unpaired) electrons. The van der Waals surface area contributed by atoms with Gasteiger partial charge in [-0.15, -0.1) is 0 Å². The van der Waals surface area contributed by atoms with Crippen molar-refractivity contribution in [3.05, 3.63) is 0 Å². The first-order valence-electron chi connectivity index (χ1n) is 1.28. The summed E-state index contributed by atoms with van der Waals surface area (Å²) in [6.45, 7) is 0. The van der Waals surface area contributed by atoms with Crippen LogP contribution in [0.1, 0.15) is 0 Å². The number of nitrogens with one attached hydrogen (secondary N) is 2.